The minimum atomic E-state index is -0.240. The second-order valence-corrected chi connectivity index (χ2v) is 5.42. The van der Waals surface area contributed by atoms with Gasteiger partial charge in [0.1, 0.15) is 6.04 Å². The molecule has 1 N–H and O–H groups in total. The molecule has 0 bridgehead atoms. The molecule has 2 aliphatic rings. The maximum atomic E-state index is 12.4. The Kier molecular flexibility index (Phi) is 4.22. The van der Waals surface area contributed by atoms with Gasteiger partial charge in [0.2, 0.25) is 11.8 Å². The van der Waals surface area contributed by atoms with E-state index < -0.39 is 0 Å². The average molecular weight is 253 g/mol. The van der Waals surface area contributed by atoms with Gasteiger partial charge in [0.15, 0.2) is 0 Å². The molecule has 0 aromatic rings. The van der Waals surface area contributed by atoms with Crippen LogP contribution >= 0.6 is 0 Å². The SMILES string of the molecule is CN(C)C(=O)C1CCCN1C(=O)[C@@H]1CCCCN1. The number of likely N-dealkylation sites (tertiary alicyclic amines) is 1. The average Bonchev–Trinajstić information content (AvgIpc) is 2.87. The van der Waals surface area contributed by atoms with E-state index in [1.807, 2.05) is 0 Å². The Morgan fingerprint density at radius 3 is 2.56 bits per heavy atom. The number of nitrogens with zero attached hydrogens (tertiary/aromatic N) is 2. The minimum Gasteiger partial charge on any atom is -0.347 e. The summed E-state index contributed by atoms with van der Waals surface area (Å²) < 4.78 is 0. The van der Waals surface area contributed by atoms with Crippen molar-refractivity contribution < 1.29 is 9.59 Å². The summed E-state index contributed by atoms with van der Waals surface area (Å²) in [5.41, 5.74) is 0. The first-order valence-electron chi connectivity index (χ1n) is 6.86. The summed E-state index contributed by atoms with van der Waals surface area (Å²) in [6.07, 6.45) is 4.88. The molecule has 2 atom stereocenters. The highest BCUT2D eigenvalue weighted by Crippen LogP contribution is 2.21. The van der Waals surface area contributed by atoms with E-state index in [1.165, 1.54) is 0 Å². The topological polar surface area (TPSA) is 52.7 Å². The number of hydrogen-bond donors (Lipinski definition) is 1. The molecule has 0 aromatic heterocycles. The number of nitrogens with one attached hydrogen (secondary N) is 1. The third-order valence-electron chi connectivity index (χ3n) is 3.87. The van der Waals surface area contributed by atoms with Gasteiger partial charge in [-0.25, -0.2) is 0 Å². The van der Waals surface area contributed by atoms with Gasteiger partial charge >= 0.3 is 0 Å². The van der Waals surface area contributed by atoms with Gasteiger partial charge in [-0.1, -0.05) is 6.42 Å². The zero-order valence-electron chi connectivity index (χ0n) is 11.3. The monoisotopic (exact) mass is 253 g/mol. The van der Waals surface area contributed by atoms with Crippen LogP contribution in [0, 0.1) is 0 Å². The summed E-state index contributed by atoms with van der Waals surface area (Å²) in [4.78, 5) is 27.9. The Bertz CT molecular complexity index is 324. The number of amides is 2. The lowest BCUT2D eigenvalue weighted by Gasteiger charge is -2.31. The van der Waals surface area contributed by atoms with Crippen molar-refractivity contribution >= 4 is 11.8 Å². The second-order valence-electron chi connectivity index (χ2n) is 5.42. The lowest BCUT2D eigenvalue weighted by molar-refractivity contribution is -0.143. The lowest BCUT2D eigenvalue weighted by atomic mass is 10.0. The van der Waals surface area contributed by atoms with Crippen molar-refractivity contribution in [2.24, 2.45) is 0 Å². The normalized spacial score (nSPS) is 28.2. The molecule has 2 fully saturated rings. The molecule has 2 aliphatic heterocycles. The van der Waals surface area contributed by atoms with Gasteiger partial charge < -0.3 is 15.1 Å². The Hall–Kier alpha value is -1.10. The van der Waals surface area contributed by atoms with E-state index in [4.69, 9.17) is 0 Å². The van der Waals surface area contributed by atoms with Crippen LogP contribution in [0.15, 0.2) is 0 Å². The number of piperidine rings is 1. The summed E-state index contributed by atoms with van der Waals surface area (Å²) in [6.45, 7) is 1.64. The van der Waals surface area contributed by atoms with Gasteiger partial charge in [-0.15, -0.1) is 0 Å². The molecule has 0 aromatic carbocycles. The molecule has 1 unspecified atom stereocenters. The van der Waals surface area contributed by atoms with E-state index in [1.54, 1.807) is 23.9 Å². The highest BCUT2D eigenvalue weighted by atomic mass is 16.2. The summed E-state index contributed by atoms with van der Waals surface area (Å²) in [5, 5.41) is 3.27. The standard InChI is InChI=1S/C13H23N3O2/c1-15(2)13(18)11-7-5-9-16(11)12(17)10-6-3-4-8-14-10/h10-11,14H,3-9H2,1-2H3/t10-,11?/m0/s1. The van der Waals surface area contributed by atoms with Crippen LogP contribution in [-0.4, -0.2) is 60.9 Å². The van der Waals surface area contributed by atoms with Gasteiger partial charge in [0.25, 0.3) is 0 Å². The molecular weight excluding hydrogens is 230 g/mol. The number of likely N-dealkylation sites (N-methyl/N-ethyl adjacent to an activating group) is 1. The van der Waals surface area contributed by atoms with Crippen LogP contribution in [0.1, 0.15) is 32.1 Å². The summed E-state index contributed by atoms with van der Waals surface area (Å²) in [6, 6.07) is -0.314. The Labute approximate surface area is 108 Å². The maximum absolute atomic E-state index is 12.4. The predicted octanol–water partition coefficient (Wildman–Crippen LogP) is 0.208. The van der Waals surface area contributed by atoms with Crippen molar-refractivity contribution in [3.63, 3.8) is 0 Å². The van der Waals surface area contributed by atoms with E-state index in [-0.39, 0.29) is 23.9 Å². The van der Waals surface area contributed by atoms with Crippen molar-refractivity contribution in [2.45, 2.75) is 44.2 Å². The minimum absolute atomic E-state index is 0.0525. The first-order valence-corrected chi connectivity index (χ1v) is 6.86. The van der Waals surface area contributed by atoms with Gasteiger partial charge in [0, 0.05) is 20.6 Å². The fourth-order valence-corrected chi connectivity index (χ4v) is 2.85. The molecule has 18 heavy (non-hydrogen) atoms. The molecule has 102 valence electrons. The van der Waals surface area contributed by atoms with E-state index in [9.17, 15) is 9.59 Å². The zero-order chi connectivity index (χ0) is 13.1. The number of carbonyl (C=O) groups excluding carboxylic acids is 2. The van der Waals surface area contributed by atoms with Crippen LogP contribution in [0.2, 0.25) is 0 Å². The van der Waals surface area contributed by atoms with Crippen LogP contribution in [0.5, 0.6) is 0 Å². The quantitative estimate of drug-likeness (QED) is 0.765. The van der Waals surface area contributed by atoms with Gasteiger partial charge in [0.05, 0.1) is 6.04 Å². The molecule has 2 amide bonds. The highest BCUT2D eigenvalue weighted by molar-refractivity contribution is 5.90. The molecule has 0 spiro atoms. The van der Waals surface area contributed by atoms with Crippen molar-refractivity contribution in [3.8, 4) is 0 Å². The van der Waals surface area contributed by atoms with Crippen LogP contribution in [-0.2, 0) is 9.59 Å². The fourth-order valence-electron chi connectivity index (χ4n) is 2.85. The Morgan fingerprint density at radius 1 is 1.17 bits per heavy atom. The second kappa shape index (κ2) is 5.69. The number of hydrogen-bond acceptors (Lipinski definition) is 3. The predicted molar refractivity (Wildman–Crippen MR) is 69.1 cm³/mol. The molecule has 2 saturated heterocycles. The molecule has 0 radical (unpaired) electrons. The molecule has 5 nitrogen and oxygen atoms in total. The smallest absolute Gasteiger partial charge is 0.244 e. The summed E-state index contributed by atoms with van der Waals surface area (Å²) in [5.74, 6) is 0.170. The van der Waals surface area contributed by atoms with Crippen molar-refractivity contribution in [1.82, 2.24) is 15.1 Å². The molecule has 0 saturated carbocycles. The molecule has 2 rings (SSSR count). The fraction of sp³-hybridized carbons (Fsp3) is 0.846. The molecule has 2 heterocycles. The van der Waals surface area contributed by atoms with Crippen LogP contribution in [0.4, 0.5) is 0 Å². The third kappa shape index (κ3) is 2.66. The number of rotatable bonds is 2. The maximum Gasteiger partial charge on any atom is 0.244 e. The molecule has 5 heteroatoms. The Morgan fingerprint density at radius 2 is 1.94 bits per heavy atom. The first kappa shape index (κ1) is 13.3. The summed E-state index contributed by atoms with van der Waals surface area (Å²) >= 11 is 0. The van der Waals surface area contributed by atoms with Crippen LogP contribution in [0.25, 0.3) is 0 Å². The van der Waals surface area contributed by atoms with Gasteiger partial charge in [-0.3, -0.25) is 9.59 Å². The largest absolute Gasteiger partial charge is 0.347 e. The molecule has 0 aliphatic carbocycles. The van der Waals surface area contributed by atoms with E-state index in [0.29, 0.717) is 0 Å². The van der Waals surface area contributed by atoms with Crippen molar-refractivity contribution in [1.29, 1.82) is 0 Å². The molecular formula is C13H23N3O2. The highest BCUT2D eigenvalue weighted by Gasteiger charge is 2.37. The number of carbonyl (C=O) groups is 2. The van der Waals surface area contributed by atoms with Crippen molar-refractivity contribution in [2.75, 3.05) is 27.2 Å². The van der Waals surface area contributed by atoms with Gasteiger partial charge in [-0.2, -0.15) is 0 Å². The lowest BCUT2D eigenvalue weighted by Crippen LogP contribution is -2.53. The van der Waals surface area contributed by atoms with Crippen LogP contribution in [0.3, 0.4) is 0 Å². The third-order valence-corrected chi connectivity index (χ3v) is 3.87. The van der Waals surface area contributed by atoms with E-state index >= 15 is 0 Å². The van der Waals surface area contributed by atoms with E-state index in [0.717, 1.165) is 45.2 Å². The van der Waals surface area contributed by atoms with E-state index in [2.05, 4.69) is 5.32 Å². The summed E-state index contributed by atoms with van der Waals surface area (Å²) in [7, 11) is 3.50. The first-order chi connectivity index (χ1) is 8.61. The van der Waals surface area contributed by atoms with Crippen molar-refractivity contribution in [3.05, 3.63) is 0 Å². The van der Waals surface area contributed by atoms with Crippen LogP contribution < -0.4 is 5.32 Å². The zero-order valence-corrected chi connectivity index (χ0v) is 11.3. The Balaban J connectivity index is 2.01. The van der Waals surface area contributed by atoms with Gasteiger partial charge in [-0.05, 0) is 32.2 Å².